The van der Waals surface area contributed by atoms with Crippen molar-refractivity contribution in [3.05, 3.63) is 54.1 Å². The number of benzene rings is 1. The molecule has 1 aromatic rings. The zero-order valence-corrected chi connectivity index (χ0v) is 42.8. The number of likely N-dealkylation sites (N-methyl/N-ethyl adjacent to an activating group) is 1. The van der Waals surface area contributed by atoms with Crippen LogP contribution in [-0.2, 0) is 49.5 Å². The van der Waals surface area contributed by atoms with Gasteiger partial charge in [0, 0.05) is 26.0 Å². The van der Waals surface area contributed by atoms with E-state index in [4.69, 9.17) is 4.74 Å². The highest BCUT2D eigenvalue weighted by atomic mass is 16.5. The Kier molecular flexibility index (Phi) is 26.5. The predicted molar refractivity (Wildman–Crippen MR) is 264 cm³/mol. The second-order valence-corrected chi connectivity index (χ2v) is 19.5. The number of hydrogen-bond donors (Lipinski definition) is 9. The highest BCUT2D eigenvalue weighted by Crippen LogP contribution is 2.18. The predicted octanol–water partition coefficient (Wildman–Crippen LogP) is 2.46. The van der Waals surface area contributed by atoms with Gasteiger partial charge in [-0.1, -0.05) is 112 Å². The van der Waals surface area contributed by atoms with Gasteiger partial charge < -0.3 is 56.9 Å². The number of cyclic esters (lactones) is 1. The molecule has 70 heavy (non-hydrogen) atoms. The number of esters is 1. The number of phenolic OH excluding ortho intramolecular Hbond substituents is 1. The van der Waals surface area contributed by atoms with Crippen LogP contribution in [0.5, 0.6) is 5.75 Å². The van der Waals surface area contributed by atoms with Crippen LogP contribution < -0.4 is 31.9 Å². The van der Waals surface area contributed by atoms with E-state index < -0.39 is 121 Å². The number of aromatic hydroxyl groups is 1. The van der Waals surface area contributed by atoms with Crippen LogP contribution in [0.2, 0.25) is 0 Å². The normalized spacial score (nSPS) is 19.6. The molecule has 0 saturated heterocycles. The van der Waals surface area contributed by atoms with Crippen LogP contribution in [0.3, 0.4) is 0 Å². The van der Waals surface area contributed by atoms with E-state index in [-0.39, 0.29) is 36.3 Å². The monoisotopic (exact) mass is 984 g/mol. The fraction of sp³-hybridized carbons (Fsp3) is 0.647. The van der Waals surface area contributed by atoms with E-state index in [0.717, 1.165) is 38.2 Å². The van der Waals surface area contributed by atoms with Crippen molar-refractivity contribution in [2.45, 2.75) is 168 Å². The molecule has 8 atom stereocenters. The number of allylic oxidation sites excluding steroid dienone is 1. The number of nitrogens with zero attached hydrogens (tertiary/aromatic N) is 1. The molecule has 2 rings (SSSR count). The van der Waals surface area contributed by atoms with Crippen molar-refractivity contribution < 1.29 is 58.4 Å². The lowest BCUT2D eigenvalue weighted by Crippen LogP contribution is -2.59. The first-order valence-electron chi connectivity index (χ1n) is 24.6. The topological polar surface area (TPSA) is 282 Å². The summed E-state index contributed by atoms with van der Waals surface area (Å²) < 4.78 is 5.65. The Morgan fingerprint density at radius 1 is 0.829 bits per heavy atom. The highest BCUT2D eigenvalue weighted by Gasteiger charge is 2.37. The Morgan fingerprint density at radius 2 is 1.47 bits per heavy atom. The lowest BCUT2D eigenvalue weighted by molar-refractivity contribution is -0.156. The first-order valence-corrected chi connectivity index (χ1v) is 24.6. The molecular weight excluding hydrogens is 903 g/mol. The number of carbonyl (C=O) groups is 8. The number of ether oxygens (including phenoxy) is 1. The number of nitrogens with one attached hydrogen (secondary N) is 6. The number of phenols is 1. The van der Waals surface area contributed by atoms with Crippen molar-refractivity contribution in [3.63, 3.8) is 0 Å². The molecule has 1 aliphatic heterocycles. The Bertz CT molecular complexity index is 1940. The lowest BCUT2D eigenvalue weighted by atomic mass is 9.99. The van der Waals surface area contributed by atoms with E-state index in [1.54, 1.807) is 59.8 Å². The third-order valence-electron chi connectivity index (χ3n) is 11.8. The quantitative estimate of drug-likeness (QED) is 0.0368. The molecule has 0 radical (unpaired) electrons. The molecule has 0 aromatic heterocycles. The second-order valence-electron chi connectivity index (χ2n) is 19.5. The summed E-state index contributed by atoms with van der Waals surface area (Å²) >= 11 is 0. The fourth-order valence-electron chi connectivity index (χ4n) is 7.59. The maximum atomic E-state index is 13.8. The third-order valence-corrected chi connectivity index (χ3v) is 11.8. The number of amides is 7. The van der Waals surface area contributed by atoms with Crippen molar-refractivity contribution in [3.8, 4) is 5.75 Å². The largest absolute Gasteiger partial charge is 0.508 e. The van der Waals surface area contributed by atoms with Crippen molar-refractivity contribution in [2.75, 3.05) is 20.3 Å². The van der Waals surface area contributed by atoms with E-state index in [1.807, 2.05) is 19.9 Å². The van der Waals surface area contributed by atoms with E-state index in [0.29, 0.717) is 12.0 Å². The smallest absolute Gasteiger partial charge is 0.329 e. The summed E-state index contributed by atoms with van der Waals surface area (Å²) in [4.78, 5) is 109. The van der Waals surface area contributed by atoms with Gasteiger partial charge >= 0.3 is 5.97 Å². The van der Waals surface area contributed by atoms with Gasteiger partial charge in [-0.3, -0.25) is 33.6 Å². The average molecular weight is 984 g/mol. The molecule has 1 aromatic carbocycles. The lowest BCUT2D eigenvalue weighted by Gasteiger charge is -2.32. The molecule has 0 fully saturated rings. The average Bonchev–Trinajstić information content (AvgIpc) is 3.29. The molecule has 7 amide bonds. The van der Waals surface area contributed by atoms with E-state index >= 15 is 0 Å². The van der Waals surface area contributed by atoms with Crippen LogP contribution in [0.4, 0.5) is 0 Å². The maximum absolute atomic E-state index is 13.8. The highest BCUT2D eigenvalue weighted by molar-refractivity contribution is 5.95. The zero-order chi connectivity index (χ0) is 52.7. The first kappa shape index (κ1) is 60.3. The number of hydrogen-bond acceptors (Lipinski definition) is 12. The minimum absolute atomic E-state index is 0.00746. The molecular formula is C51H81N7O12. The minimum atomic E-state index is -1.65. The Balaban J connectivity index is 2.17. The van der Waals surface area contributed by atoms with Gasteiger partial charge in [-0.05, 0) is 60.6 Å². The SMILES string of the molecule is CCCCCC/C=C\CC(=O)N[C@@H](CC(C)C)C(=O)N[C@H](C(=O)N[C@@H](CO)[C@@H](O)CC(=O)N[C@H](C(=O)N[C@@H]1/C=C\C(=O)N[C@@H](C(C)C)C(=O)N(C)[C@@H](Cc2ccc(O)cc2)C(=O)OC1)C(C)C)C(C)C. The molecule has 0 aliphatic carbocycles. The maximum Gasteiger partial charge on any atom is 0.329 e. The zero-order valence-electron chi connectivity index (χ0n) is 42.8. The van der Waals surface area contributed by atoms with Crippen LogP contribution in [0, 0.1) is 23.7 Å². The number of unbranched alkanes of at least 4 members (excludes halogenated alkanes) is 4. The van der Waals surface area contributed by atoms with Crippen LogP contribution in [0.15, 0.2) is 48.6 Å². The molecule has 19 nitrogen and oxygen atoms in total. The standard InChI is InChI=1S/C51H81N7O12/c1-11-12-13-14-15-16-17-18-41(62)53-37(25-30(2)3)47(65)57-45(32(6)7)49(67)54-38(28-59)40(61)27-43(64)56-44(31(4)5)48(66)52-35-21-24-42(63)55-46(33(8)9)50(68)58(10)39(51(69)70-29-35)26-34-19-22-36(60)23-20-34/h16-17,19-24,30-33,35,37-40,44-46,59-61H,11-15,18,25-29H2,1-10H3,(H,52,66)(H,53,62)(H,54,67)(H,55,63)(H,56,64)(H,57,65)/b17-16-,24-21-/t35-,37+,38+,39+,40+,44+,45+,46+/m1/s1. The van der Waals surface area contributed by atoms with Crippen molar-refractivity contribution in [1.82, 2.24) is 36.8 Å². The number of aliphatic hydroxyl groups is 2. The van der Waals surface area contributed by atoms with Crippen molar-refractivity contribution in [2.24, 2.45) is 23.7 Å². The Hall–Kier alpha value is -5.82. The van der Waals surface area contributed by atoms with Crippen LogP contribution >= 0.6 is 0 Å². The minimum Gasteiger partial charge on any atom is -0.508 e. The number of carbonyl (C=O) groups excluding carboxylic acids is 8. The Morgan fingerprint density at radius 3 is 2.06 bits per heavy atom. The van der Waals surface area contributed by atoms with Gasteiger partial charge in [-0.25, -0.2) is 4.79 Å². The van der Waals surface area contributed by atoms with Gasteiger partial charge in [0.15, 0.2) is 0 Å². The summed E-state index contributed by atoms with van der Waals surface area (Å²) in [6, 6.07) is -1.87. The molecule has 9 N–H and O–H groups in total. The summed E-state index contributed by atoms with van der Waals surface area (Å²) in [5, 5.41) is 47.1. The van der Waals surface area contributed by atoms with Gasteiger partial charge in [0.05, 0.1) is 31.2 Å². The van der Waals surface area contributed by atoms with Crippen LogP contribution in [0.1, 0.15) is 119 Å². The Labute approximate surface area is 413 Å². The summed E-state index contributed by atoms with van der Waals surface area (Å²) in [5.41, 5.74) is 0.610. The summed E-state index contributed by atoms with van der Waals surface area (Å²) in [5.74, 6) is -6.53. The summed E-state index contributed by atoms with van der Waals surface area (Å²) in [7, 11) is 1.42. The van der Waals surface area contributed by atoms with Crippen LogP contribution in [-0.4, -0.2) is 136 Å². The van der Waals surface area contributed by atoms with E-state index in [2.05, 4.69) is 38.8 Å². The molecule has 19 heteroatoms. The number of rotatable bonds is 26. The van der Waals surface area contributed by atoms with Crippen LogP contribution in [0.25, 0.3) is 0 Å². The third kappa shape index (κ3) is 21.0. The van der Waals surface area contributed by atoms with Gasteiger partial charge in [0.2, 0.25) is 41.4 Å². The van der Waals surface area contributed by atoms with Gasteiger partial charge in [0.25, 0.3) is 0 Å². The van der Waals surface area contributed by atoms with Crippen molar-refractivity contribution >= 4 is 47.3 Å². The van der Waals surface area contributed by atoms with Crippen molar-refractivity contribution in [1.29, 1.82) is 0 Å². The fourth-order valence-corrected chi connectivity index (χ4v) is 7.59. The molecule has 1 heterocycles. The second kappa shape index (κ2) is 30.7. The van der Waals surface area contributed by atoms with Gasteiger partial charge in [-0.15, -0.1) is 0 Å². The molecule has 1 aliphatic rings. The summed E-state index contributed by atoms with van der Waals surface area (Å²) in [6.07, 6.45) is 9.52. The van der Waals surface area contributed by atoms with E-state index in [1.165, 1.54) is 30.2 Å². The molecule has 0 unspecified atom stereocenters. The van der Waals surface area contributed by atoms with E-state index in [9.17, 15) is 53.7 Å². The number of aliphatic hydroxyl groups excluding tert-OH is 2. The van der Waals surface area contributed by atoms with Gasteiger partial charge in [-0.2, -0.15) is 0 Å². The summed E-state index contributed by atoms with van der Waals surface area (Å²) in [6.45, 7) is 14.8. The molecule has 392 valence electrons. The first-order chi connectivity index (χ1) is 33.0. The molecule has 0 saturated carbocycles. The molecule has 0 spiro atoms. The molecule has 0 bridgehead atoms. The van der Waals surface area contributed by atoms with Gasteiger partial charge in [0.1, 0.15) is 42.6 Å².